The van der Waals surface area contributed by atoms with Crippen molar-refractivity contribution in [3.8, 4) is 0 Å². The number of nitrogens with one attached hydrogen (secondary N) is 2. The maximum atomic E-state index is 12.9. The Hall–Kier alpha value is -3.21. The molecule has 0 radical (unpaired) electrons. The van der Waals surface area contributed by atoms with Crippen LogP contribution in [0.25, 0.3) is 0 Å². The van der Waals surface area contributed by atoms with E-state index in [0.717, 1.165) is 24.1 Å². The quantitative estimate of drug-likeness (QED) is 0.639. The van der Waals surface area contributed by atoms with Crippen molar-refractivity contribution in [1.82, 2.24) is 10.3 Å². The number of hydrogen-bond donors (Lipinski definition) is 2. The fourth-order valence-electron chi connectivity index (χ4n) is 2.73. The average molecular weight is 363 g/mol. The molecule has 1 heterocycles. The summed E-state index contributed by atoms with van der Waals surface area (Å²) >= 11 is 0. The fraction of sp³-hybridized carbons (Fsp3) is 0.182. The molecule has 0 unspecified atom stereocenters. The van der Waals surface area contributed by atoms with Gasteiger partial charge in [-0.15, -0.1) is 0 Å². The van der Waals surface area contributed by atoms with Gasteiger partial charge in [-0.25, -0.2) is 4.39 Å². The molecular weight excluding hydrogens is 341 g/mol. The molecule has 0 atom stereocenters. The minimum Gasteiger partial charge on any atom is -0.383 e. The first-order valence-corrected chi connectivity index (χ1v) is 8.96. The zero-order valence-electron chi connectivity index (χ0n) is 15.0. The molecule has 4 nitrogen and oxygen atoms in total. The van der Waals surface area contributed by atoms with E-state index in [9.17, 15) is 9.18 Å². The Bertz CT molecular complexity index is 866. The summed E-state index contributed by atoms with van der Waals surface area (Å²) < 4.78 is 12.9. The van der Waals surface area contributed by atoms with Crippen LogP contribution in [-0.4, -0.2) is 24.0 Å². The van der Waals surface area contributed by atoms with Gasteiger partial charge in [0.1, 0.15) is 5.82 Å². The first-order valence-electron chi connectivity index (χ1n) is 8.96. The lowest BCUT2D eigenvalue weighted by Gasteiger charge is -2.09. The molecule has 1 amide bonds. The Balaban J connectivity index is 1.47. The number of hydrogen-bond acceptors (Lipinski definition) is 3. The summed E-state index contributed by atoms with van der Waals surface area (Å²) in [6, 6.07) is 18.3. The summed E-state index contributed by atoms with van der Waals surface area (Å²) in [6.45, 7) is 1.25. The number of benzene rings is 2. The molecule has 138 valence electrons. The molecule has 0 saturated heterocycles. The number of pyridine rings is 1. The lowest BCUT2D eigenvalue weighted by Crippen LogP contribution is -2.25. The summed E-state index contributed by atoms with van der Waals surface area (Å²) in [5.74, 6) is -0.373. The maximum Gasteiger partial charge on any atom is 0.252 e. The Morgan fingerprint density at radius 1 is 0.889 bits per heavy atom. The van der Waals surface area contributed by atoms with Gasteiger partial charge in [-0.05, 0) is 42.2 Å². The normalized spacial score (nSPS) is 10.4. The number of aromatic nitrogens is 1. The van der Waals surface area contributed by atoms with E-state index < -0.39 is 0 Å². The van der Waals surface area contributed by atoms with E-state index in [2.05, 4.69) is 15.6 Å². The largest absolute Gasteiger partial charge is 0.383 e. The second kappa shape index (κ2) is 9.48. The van der Waals surface area contributed by atoms with Crippen molar-refractivity contribution in [2.45, 2.75) is 12.8 Å². The molecule has 1 aromatic heterocycles. The highest BCUT2D eigenvalue weighted by Crippen LogP contribution is 2.10. The molecule has 0 saturated carbocycles. The van der Waals surface area contributed by atoms with Gasteiger partial charge in [-0.3, -0.25) is 9.78 Å². The molecule has 27 heavy (non-hydrogen) atoms. The lowest BCUT2D eigenvalue weighted by atomic mass is 10.1. The molecule has 3 aromatic rings. The zero-order valence-corrected chi connectivity index (χ0v) is 15.0. The summed E-state index contributed by atoms with van der Waals surface area (Å²) in [5.41, 5.74) is 3.54. The van der Waals surface area contributed by atoms with Crippen LogP contribution in [0.2, 0.25) is 0 Å². The summed E-state index contributed by atoms with van der Waals surface area (Å²) in [5, 5.41) is 6.17. The van der Waals surface area contributed by atoms with Crippen LogP contribution in [-0.2, 0) is 12.8 Å². The number of rotatable bonds is 8. The Morgan fingerprint density at radius 3 is 2.37 bits per heavy atom. The monoisotopic (exact) mass is 363 g/mol. The van der Waals surface area contributed by atoms with Crippen molar-refractivity contribution in [1.29, 1.82) is 0 Å². The van der Waals surface area contributed by atoms with Crippen LogP contribution >= 0.6 is 0 Å². The number of halogens is 1. The molecule has 0 aliphatic carbocycles. The number of nitrogens with zero attached hydrogens (tertiary/aromatic N) is 1. The molecule has 0 fully saturated rings. The molecule has 2 N–H and O–H groups in total. The minimum absolute atomic E-state index is 0.138. The van der Waals surface area contributed by atoms with Gasteiger partial charge in [0.25, 0.3) is 5.91 Å². The summed E-state index contributed by atoms with van der Waals surface area (Å²) in [6.07, 6.45) is 4.79. The number of anilines is 1. The second-order valence-electron chi connectivity index (χ2n) is 6.26. The molecule has 3 rings (SSSR count). The third-order valence-corrected chi connectivity index (χ3v) is 4.20. The molecule has 0 aliphatic rings. The predicted molar refractivity (Wildman–Crippen MR) is 105 cm³/mol. The third kappa shape index (κ3) is 5.92. The highest BCUT2D eigenvalue weighted by Gasteiger charge is 2.06. The van der Waals surface area contributed by atoms with E-state index in [1.54, 1.807) is 30.6 Å². The molecule has 5 heteroatoms. The first-order chi connectivity index (χ1) is 13.2. The number of amides is 1. The van der Waals surface area contributed by atoms with E-state index in [0.29, 0.717) is 18.7 Å². The topological polar surface area (TPSA) is 54.0 Å². The van der Waals surface area contributed by atoms with Crippen LogP contribution in [0.3, 0.4) is 0 Å². The van der Waals surface area contributed by atoms with Gasteiger partial charge in [-0.2, -0.15) is 0 Å². The van der Waals surface area contributed by atoms with Crippen molar-refractivity contribution >= 4 is 11.6 Å². The maximum absolute atomic E-state index is 12.9. The van der Waals surface area contributed by atoms with Gasteiger partial charge in [-0.1, -0.05) is 42.5 Å². The average Bonchev–Trinajstić information content (AvgIpc) is 2.70. The van der Waals surface area contributed by atoms with Crippen LogP contribution in [0, 0.1) is 5.82 Å². The van der Waals surface area contributed by atoms with Crippen molar-refractivity contribution in [3.63, 3.8) is 0 Å². The van der Waals surface area contributed by atoms with Crippen LogP contribution in [0.1, 0.15) is 21.5 Å². The Kier molecular flexibility index (Phi) is 6.52. The Morgan fingerprint density at radius 2 is 1.59 bits per heavy atom. The predicted octanol–water partition coefficient (Wildman–Crippen LogP) is 3.85. The second-order valence-corrected chi connectivity index (χ2v) is 6.26. The highest BCUT2D eigenvalue weighted by molar-refractivity contribution is 5.94. The smallest absolute Gasteiger partial charge is 0.252 e. The molecule has 0 bridgehead atoms. The lowest BCUT2D eigenvalue weighted by molar-refractivity contribution is 0.0954. The van der Waals surface area contributed by atoms with Gasteiger partial charge < -0.3 is 10.6 Å². The van der Waals surface area contributed by atoms with Gasteiger partial charge >= 0.3 is 0 Å². The molecule has 0 spiro atoms. The Labute approximate surface area is 158 Å². The van der Waals surface area contributed by atoms with Gasteiger partial charge in [0, 0.05) is 25.5 Å². The van der Waals surface area contributed by atoms with Crippen molar-refractivity contribution in [3.05, 3.63) is 95.6 Å². The van der Waals surface area contributed by atoms with E-state index in [4.69, 9.17) is 0 Å². The third-order valence-electron chi connectivity index (χ3n) is 4.20. The van der Waals surface area contributed by atoms with E-state index in [1.807, 2.05) is 30.3 Å². The van der Waals surface area contributed by atoms with E-state index >= 15 is 0 Å². The van der Waals surface area contributed by atoms with Gasteiger partial charge in [0.15, 0.2) is 0 Å². The standard InChI is InChI=1S/C22H22FN3O/c23-20-8-6-18(7-9-20)10-12-25-21-14-19(15-24-16-21)22(27)26-13-11-17-4-2-1-3-5-17/h1-9,14-16,25H,10-13H2,(H,26,27). The first kappa shape index (κ1) is 18.6. The van der Waals surface area contributed by atoms with E-state index in [-0.39, 0.29) is 11.7 Å². The van der Waals surface area contributed by atoms with Gasteiger partial charge in [0.05, 0.1) is 11.3 Å². The zero-order chi connectivity index (χ0) is 18.9. The molecular formula is C22H22FN3O. The van der Waals surface area contributed by atoms with Crippen LogP contribution in [0.15, 0.2) is 73.1 Å². The van der Waals surface area contributed by atoms with Crippen molar-refractivity contribution < 1.29 is 9.18 Å². The fourth-order valence-corrected chi connectivity index (χ4v) is 2.73. The number of carbonyl (C=O) groups excluding carboxylic acids is 1. The number of carbonyl (C=O) groups is 1. The van der Waals surface area contributed by atoms with Crippen LogP contribution < -0.4 is 10.6 Å². The summed E-state index contributed by atoms with van der Waals surface area (Å²) in [4.78, 5) is 16.4. The van der Waals surface area contributed by atoms with E-state index in [1.165, 1.54) is 17.7 Å². The minimum atomic E-state index is -0.234. The SMILES string of the molecule is O=C(NCCc1ccccc1)c1cncc(NCCc2ccc(F)cc2)c1. The van der Waals surface area contributed by atoms with Crippen LogP contribution in [0.4, 0.5) is 10.1 Å². The molecule has 0 aliphatic heterocycles. The highest BCUT2D eigenvalue weighted by atomic mass is 19.1. The van der Waals surface area contributed by atoms with Crippen molar-refractivity contribution in [2.24, 2.45) is 0 Å². The van der Waals surface area contributed by atoms with Gasteiger partial charge in [0.2, 0.25) is 0 Å². The van der Waals surface area contributed by atoms with Crippen molar-refractivity contribution in [2.75, 3.05) is 18.4 Å². The summed E-state index contributed by atoms with van der Waals surface area (Å²) in [7, 11) is 0. The van der Waals surface area contributed by atoms with Crippen LogP contribution in [0.5, 0.6) is 0 Å². The molecule has 2 aromatic carbocycles.